The van der Waals surface area contributed by atoms with Crippen LogP contribution in [0, 0.1) is 0 Å². The third-order valence-electron chi connectivity index (χ3n) is 7.02. The third kappa shape index (κ3) is 4.66. The monoisotopic (exact) mass is 480 g/mol. The molecule has 1 atom stereocenters. The van der Waals surface area contributed by atoms with Gasteiger partial charge >= 0.3 is 0 Å². The first-order valence-electron chi connectivity index (χ1n) is 12.6. The zero-order valence-electron chi connectivity index (χ0n) is 20.8. The van der Waals surface area contributed by atoms with Crippen LogP contribution in [-0.2, 0) is 6.61 Å². The molecule has 0 spiro atoms. The SMILES string of the molecule is COc1ccc(C(c2ccc(OCc3ccccc3)cc2)c2cc3ccccc3c3ccccc23)cc1. The summed E-state index contributed by atoms with van der Waals surface area (Å²) in [5.41, 5.74) is 4.89. The molecule has 0 aliphatic rings. The molecule has 37 heavy (non-hydrogen) atoms. The molecule has 0 bridgehead atoms. The topological polar surface area (TPSA) is 18.5 Å². The minimum Gasteiger partial charge on any atom is -0.497 e. The van der Waals surface area contributed by atoms with E-state index in [4.69, 9.17) is 9.47 Å². The smallest absolute Gasteiger partial charge is 0.119 e. The van der Waals surface area contributed by atoms with E-state index in [1.165, 1.54) is 38.2 Å². The van der Waals surface area contributed by atoms with Crippen LogP contribution in [0.2, 0.25) is 0 Å². The van der Waals surface area contributed by atoms with Crippen molar-refractivity contribution in [1.29, 1.82) is 0 Å². The van der Waals surface area contributed by atoms with Gasteiger partial charge in [0.25, 0.3) is 0 Å². The first-order valence-corrected chi connectivity index (χ1v) is 12.6. The van der Waals surface area contributed by atoms with Crippen LogP contribution in [0.1, 0.15) is 28.2 Å². The van der Waals surface area contributed by atoms with Gasteiger partial charge in [-0.1, -0.05) is 103 Å². The van der Waals surface area contributed by atoms with Gasteiger partial charge in [0, 0.05) is 5.92 Å². The Balaban J connectivity index is 1.45. The Morgan fingerprint density at radius 2 is 1.11 bits per heavy atom. The van der Waals surface area contributed by atoms with E-state index in [2.05, 4.69) is 103 Å². The molecule has 6 aromatic rings. The second-order valence-corrected chi connectivity index (χ2v) is 9.28. The Kier molecular flexibility index (Phi) is 6.31. The van der Waals surface area contributed by atoms with Gasteiger partial charge in [0.2, 0.25) is 0 Å². The van der Waals surface area contributed by atoms with Gasteiger partial charge in [-0.15, -0.1) is 0 Å². The summed E-state index contributed by atoms with van der Waals surface area (Å²) in [6.45, 7) is 0.553. The van der Waals surface area contributed by atoms with Gasteiger partial charge in [0.05, 0.1) is 7.11 Å². The second kappa shape index (κ2) is 10.2. The number of methoxy groups -OCH3 is 1. The number of fused-ring (bicyclic) bond motifs is 3. The molecule has 0 heterocycles. The van der Waals surface area contributed by atoms with Crippen LogP contribution >= 0.6 is 0 Å². The van der Waals surface area contributed by atoms with E-state index < -0.39 is 0 Å². The molecule has 1 unspecified atom stereocenters. The molecule has 0 N–H and O–H groups in total. The van der Waals surface area contributed by atoms with Crippen LogP contribution in [0.3, 0.4) is 0 Å². The zero-order valence-corrected chi connectivity index (χ0v) is 20.8. The summed E-state index contributed by atoms with van der Waals surface area (Å²) in [5, 5.41) is 5.07. The summed E-state index contributed by atoms with van der Waals surface area (Å²) < 4.78 is 11.5. The van der Waals surface area contributed by atoms with Gasteiger partial charge in [-0.2, -0.15) is 0 Å². The summed E-state index contributed by atoms with van der Waals surface area (Å²) in [5.74, 6) is 1.78. The van der Waals surface area contributed by atoms with Crippen LogP contribution in [0.25, 0.3) is 21.5 Å². The maximum atomic E-state index is 6.08. The first-order chi connectivity index (χ1) is 18.3. The summed E-state index contributed by atoms with van der Waals surface area (Å²) in [6.07, 6.45) is 0. The van der Waals surface area contributed by atoms with E-state index in [9.17, 15) is 0 Å². The zero-order chi connectivity index (χ0) is 25.0. The van der Waals surface area contributed by atoms with Crippen LogP contribution < -0.4 is 9.47 Å². The fourth-order valence-electron chi connectivity index (χ4n) is 5.17. The van der Waals surface area contributed by atoms with Crippen molar-refractivity contribution in [1.82, 2.24) is 0 Å². The van der Waals surface area contributed by atoms with E-state index in [1.807, 2.05) is 30.3 Å². The van der Waals surface area contributed by atoms with Gasteiger partial charge in [-0.25, -0.2) is 0 Å². The molecule has 180 valence electrons. The molecule has 2 heteroatoms. The van der Waals surface area contributed by atoms with Crippen molar-refractivity contribution in [2.24, 2.45) is 0 Å². The molecular formula is C35H28O2. The van der Waals surface area contributed by atoms with E-state index in [1.54, 1.807) is 7.11 Å². The minimum atomic E-state index is 0.0589. The second-order valence-electron chi connectivity index (χ2n) is 9.28. The molecule has 6 rings (SSSR count). The maximum Gasteiger partial charge on any atom is 0.119 e. The number of hydrogen-bond acceptors (Lipinski definition) is 2. The summed E-state index contributed by atoms with van der Waals surface area (Å²) in [6, 6.07) is 47.0. The molecule has 2 nitrogen and oxygen atoms in total. The summed E-state index contributed by atoms with van der Waals surface area (Å²) >= 11 is 0. The van der Waals surface area contributed by atoms with Crippen LogP contribution in [-0.4, -0.2) is 7.11 Å². The predicted molar refractivity (Wildman–Crippen MR) is 153 cm³/mol. The van der Waals surface area contributed by atoms with Crippen LogP contribution in [0.15, 0.2) is 133 Å². The molecule has 0 aliphatic carbocycles. The lowest BCUT2D eigenvalue weighted by atomic mass is 9.81. The third-order valence-corrected chi connectivity index (χ3v) is 7.02. The normalized spacial score (nSPS) is 11.9. The average molecular weight is 481 g/mol. The predicted octanol–water partition coefficient (Wildman–Crippen LogP) is 8.76. The Bertz CT molecular complexity index is 1640. The molecule has 6 aromatic carbocycles. The summed E-state index contributed by atoms with van der Waals surface area (Å²) in [4.78, 5) is 0. The van der Waals surface area contributed by atoms with Gasteiger partial charge in [-0.3, -0.25) is 0 Å². The highest BCUT2D eigenvalue weighted by Crippen LogP contribution is 2.40. The fourth-order valence-corrected chi connectivity index (χ4v) is 5.17. The molecule has 0 saturated heterocycles. The van der Waals surface area contributed by atoms with Crippen LogP contribution in [0.5, 0.6) is 11.5 Å². The maximum absolute atomic E-state index is 6.08. The number of rotatable bonds is 7. The van der Waals surface area contributed by atoms with E-state index >= 15 is 0 Å². The van der Waals surface area contributed by atoms with Crippen molar-refractivity contribution < 1.29 is 9.47 Å². The quantitative estimate of drug-likeness (QED) is 0.168. The number of benzene rings is 6. The van der Waals surface area contributed by atoms with Crippen molar-refractivity contribution in [3.05, 3.63) is 156 Å². The Labute approximate surface area is 217 Å². The molecule has 0 saturated carbocycles. The Morgan fingerprint density at radius 1 is 0.541 bits per heavy atom. The largest absolute Gasteiger partial charge is 0.497 e. The minimum absolute atomic E-state index is 0.0589. The van der Waals surface area contributed by atoms with E-state index in [-0.39, 0.29) is 5.92 Å². The van der Waals surface area contributed by atoms with Crippen molar-refractivity contribution in [2.45, 2.75) is 12.5 Å². The number of ether oxygens (including phenoxy) is 2. The highest BCUT2D eigenvalue weighted by Gasteiger charge is 2.21. The lowest BCUT2D eigenvalue weighted by molar-refractivity contribution is 0.306. The fraction of sp³-hybridized carbons (Fsp3) is 0.0857. The molecule has 0 aromatic heterocycles. The van der Waals surface area contributed by atoms with Gasteiger partial charge in [0.15, 0.2) is 0 Å². The van der Waals surface area contributed by atoms with Crippen molar-refractivity contribution in [3.8, 4) is 11.5 Å². The van der Waals surface area contributed by atoms with Gasteiger partial charge in [-0.05, 0) is 74.1 Å². The highest BCUT2D eigenvalue weighted by molar-refractivity contribution is 6.09. The van der Waals surface area contributed by atoms with Crippen LogP contribution in [0.4, 0.5) is 0 Å². The lowest BCUT2D eigenvalue weighted by Crippen LogP contribution is -2.05. The van der Waals surface area contributed by atoms with Gasteiger partial charge in [0.1, 0.15) is 18.1 Å². The molecule has 0 amide bonds. The first kappa shape index (κ1) is 22.9. The average Bonchev–Trinajstić information content (AvgIpc) is 2.98. The molecule has 0 fully saturated rings. The highest BCUT2D eigenvalue weighted by atomic mass is 16.5. The van der Waals surface area contributed by atoms with Crippen molar-refractivity contribution >= 4 is 21.5 Å². The lowest BCUT2D eigenvalue weighted by Gasteiger charge is -2.22. The summed E-state index contributed by atoms with van der Waals surface area (Å²) in [7, 11) is 1.71. The van der Waals surface area contributed by atoms with Crippen molar-refractivity contribution in [2.75, 3.05) is 7.11 Å². The molecule has 0 aliphatic heterocycles. The van der Waals surface area contributed by atoms with Crippen molar-refractivity contribution in [3.63, 3.8) is 0 Å². The number of hydrogen-bond donors (Lipinski definition) is 0. The Morgan fingerprint density at radius 3 is 1.78 bits per heavy atom. The van der Waals surface area contributed by atoms with E-state index in [0.717, 1.165) is 17.1 Å². The Hall–Kier alpha value is -4.56. The molecular weight excluding hydrogens is 452 g/mol. The van der Waals surface area contributed by atoms with Gasteiger partial charge < -0.3 is 9.47 Å². The molecule has 0 radical (unpaired) electrons. The van der Waals surface area contributed by atoms with E-state index in [0.29, 0.717) is 6.61 Å². The standard InChI is InChI=1S/C35H28O2/c1-36-29-19-15-26(16-20-29)35(27-17-21-30(22-18-27)37-24-25-9-3-2-4-10-25)34-23-28-11-5-6-12-31(28)32-13-7-8-14-33(32)34/h2-23,35H,24H2,1H3.